The van der Waals surface area contributed by atoms with Crippen molar-refractivity contribution in [1.82, 2.24) is 0 Å². The van der Waals surface area contributed by atoms with E-state index in [9.17, 15) is 23.1 Å². The van der Waals surface area contributed by atoms with Crippen LogP contribution in [0.5, 0.6) is 0 Å². The van der Waals surface area contributed by atoms with Gasteiger partial charge in [0.15, 0.2) is 17.4 Å². The molecule has 0 aliphatic heterocycles. The zero-order valence-electron chi connectivity index (χ0n) is 5.05. The highest BCUT2D eigenvalue weighted by atomic mass is 32.3. The van der Waals surface area contributed by atoms with E-state index in [1.54, 1.807) is 0 Å². The lowest BCUT2D eigenvalue weighted by Crippen LogP contribution is -2.06. The third-order valence-electron chi connectivity index (χ3n) is 0.358. The first-order valence-electron chi connectivity index (χ1n) is 1.98. The van der Waals surface area contributed by atoms with Crippen molar-refractivity contribution in [1.29, 1.82) is 0 Å². The smallest absolute Gasteiger partial charge is 0.304 e. The predicted octanol–water partition coefficient (Wildman–Crippen LogP) is -2.07. The summed E-state index contributed by atoms with van der Waals surface area (Å²) in [6, 6.07) is 0. The lowest BCUT2D eigenvalue weighted by molar-refractivity contribution is -0.717. The molecule has 0 amide bonds. The molecule has 0 aromatic heterocycles. The van der Waals surface area contributed by atoms with Crippen LogP contribution in [0, 0.1) is 10.1 Å². The fourth-order valence-corrected chi connectivity index (χ4v) is 1.45. The third-order valence-corrected chi connectivity index (χ3v) is 2.20. The number of hydrogen-bond donors (Lipinski definition) is 2. The van der Waals surface area contributed by atoms with Gasteiger partial charge in [-0.25, -0.2) is 4.57 Å². The summed E-state index contributed by atoms with van der Waals surface area (Å²) in [5.41, 5.74) is 0. The molecule has 0 heterocycles. The minimum atomic E-state index is -5.41. The molecule has 0 saturated carbocycles. The van der Waals surface area contributed by atoms with Crippen molar-refractivity contribution in [2.75, 3.05) is 0 Å². The molecular weight excluding hydrogens is 248 g/mol. The summed E-state index contributed by atoms with van der Waals surface area (Å²) in [4.78, 5) is 17.5. The fourth-order valence-electron chi connectivity index (χ4n) is 0.217. The van der Waals surface area contributed by atoms with E-state index in [1.165, 1.54) is 0 Å². The summed E-state index contributed by atoms with van der Waals surface area (Å²) in [7, 11) is -10.7. The van der Waals surface area contributed by atoms with Gasteiger partial charge in [0.2, 0.25) is 0 Å². The lowest BCUT2D eigenvalue weighted by Gasteiger charge is -2.03. The van der Waals surface area contributed by atoms with E-state index in [0.717, 1.165) is 0 Å². The summed E-state index contributed by atoms with van der Waals surface area (Å²) >= 11 is 0. The van der Waals surface area contributed by atoms with E-state index in [-0.39, 0.29) is 17.4 Å². The molecule has 10 nitrogen and oxygen atoms in total. The fraction of sp³-hybridized carbons (Fsp3) is 0. The highest BCUT2D eigenvalue weighted by Gasteiger charge is 2.31. The molecule has 0 spiro atoms. The Morgan fingerprint density at radius 3 is 2.08 bits per heavy atom. The summed E-state index contributed by atoms with van der Waals surface area (Å²) in [5, 5.41) is 7.65. The van der Waals surface area contributed by atoms with Crippen molar-refractivity contribution in [3.8, 4) is 0 Å². The molecule has 13 heavy (non-hydrogen) atoms. The average molecular weight is 253 g/mol. The van der Waals surface area contributed by atoms with Crippen molar-refractivity contribution in [2.45, 2.75) is 0 Å². The maximum atomic E-state index is 10.2. The molecular formula is H5AlNO9PS. The van der Waals surface area contributed by atoms with Crippen LogP contribution in [0.15, 0.2) is 0 Å². The molecule has 0 aliphatic rings. The van der Waals surface area contributed by atoms with Crippen molar-refractivity contribution in [2.24, 2.45) is 0 Å². The Labute approximate surface area is 82.3 Å². The SMILES string of the molecule is O=[N+]([O-])OP(=O)(O)OS(=O)(=O)O.[AlH3]. The molecule has 13 heteroatoms. The highest BCUT2D eigenvalue weighted by Crippen LogP contribution is 2.44. The summed E-state index contributed by atoms with van der Waals surface area (Å²) in [6.07, 6.45) is 0. The normalized spacial score (nSPS) is 15.2. The van der Waals surface area contributed by atoms with Gasteiger partial charge in [0.05, 0.1) is 0 Å². The van der Waals surface area contributed by atoms with Crippen LogP contribution < -0.4 is 0 Å². The first kappa shape index (κ1) is 15.3. The zero-order chi connectivity index (χ0) is 9.99. The Kier molecular flexibility index (Phi) is 5.72. The van der Waals surface area contributed by atoms with Gasteiger partial charge in [0.1, 0.15) is 0 Å². The molecule has 0 radical (unpaired) electrons. The van der Waals surface area contributed by atoms with Gasteiger partial charge >= 0.3 is 23.3 Å². The standard InChI is InChI=1S/Al.H2NO9PS.3H/c;2-1(3)9-11(4,5)10-12(6,7)8;;;/h;(H,4,5)(H,6,7,8);;;. The second kappa shape index (κ2) is 4.87. The topological polar surface area (TPSA) is 153 Å². The first-order valence-corrected chi connectivity index (χ1v) is 4.84. The van der Waals surface area contributed by atoms with Gasteiger partial charge in [-0.3, -0.25) is 4.55 Å². The van der Waals surface area contributed by atoms with E-state index in [2.05, 4.69) is 8.59 Å². The first-order chi connectivity index (χ1) is 5.12. The van der Waals surface area contributed by atoms with Crippen LogP contribution in [-0.2, 0) is 23.6 Å². The second-order valence-electron chi connectivity index (χ2n) is 1.28. The molecule has 0 saturated heterocycles. The van der Waals surface area contributed by atoms with Crippen LogP contribution in [0.1, 0.15) is 0 Å². The molecule has 2 N–H and O–H groups in total. The van der Waals surface area contributed by atoms with Crippen molar-refractivity contribution >= 4 is 35.6 Å². The predicted molar refractivity (Wildman–Crippen MR) is 40.5 cm³/mol. The van der Waals surface area contributed by atoms with Crippen molar-refractivity contribution in [3.63, 3.8) is 0 Å². The van der Waals surface area contributed by atoms with E-state index in [4.69, 9.17) is 9.45 Å². The molecule has 1 atom stereocenters. The number of rotatable bonds is 4. The van der Waals surface area contributed by atoms with Crippen LogP contribution in [-0.4, -0.2) is 40.3 Å². The number of hydrogen-bond acceptors (Lipinski definition) is 7. The van der Waals surface area contributed by atoms with Crippen LogP contribution in [0.4, 0.5) is 0 Å². The monoisotopic (exact) mass is 253 g/mol. The Morgan fingerprint density at radius 2 is 1.85 bits per heavy atom. The number of phosphoric acid groups is 1. The van der Waals surface area contributed by atoms with Crippen molar-refractivity contribution in [3.05, 3.63) is 10.1 Å². The van der Waals surface area contributed by atoms with E-state index >= 15 is 0 Å². The van der Waals surface area contributed by atoms with Gasteiger partial charge in [0, 0.05) is 0 Å². The van der Waals surface area contributed by atoms with Gasteiger partial charge in [-0.15, -0.1) is 14.1 Å². The summed E-state index contributed by atoms with van der Waals surface area (Å²) in [6.45, 7) is 0. The minimum Gasteiger partial charge on any atom is -0.304 e. The van der Waals surface area contributed by atoms with Crippen molar-refractivity contribution < 1.29 is 36.1 Å². The minimum absolute atomic E-state index is 0. The van der Waals surface area contributed by atoms with Crippen LogP contribution in [0.3, 0.4) is 0 Å². The van der Waals surface area contributed by atoms with E-state index in [1.807, 2.05) is 0 Å². The van der Waals surface area contributed by atoms with E-state index < -0.39 is 23.3 Å². The molecule has 0 aromatic carbocycles. The second-order valence-corrected chi connectivity index (χ2v) is 3.83. The lowest BCUT2D eigenvalue weighted by atomic mass is 13.1. The maximum absolute atomic E-state index is 10.2. The molecule has 0 fully saturated rings. The Morgan fingerprint density at radius 1 is 1.46 bits per heavy atom. The van der Waals surface area contributed by atoms with Crippen LogP contribution in [0.25, 0.3) is 0 Å². The summed E-state index contributed by atoms with van der Waals surface area (Å²) < 4.78 is 43.2. The third kappa shape index (κ3) is 9.71. The zero-order valence-corrected chi connectivity index (χ0v) is 6.77. The Hall–Kier alpha value is -0.208. The molecule has 0 bridgehead atoms. The number of nitrogens with zero attached hydrogens (tertiary/aromatic N) is 1. The van der Waals surface area contributed by atoms with Crippen LogP contribution >= 0.6 is 7.82 Å². The Bertz CT molecular complexity index is 317. The van der Waals surface area contributed by atoms with E-state index in [0.29, 0.717) is 0 Å². The Balaban J connectivity index is 0. The van der Waals surface area contributed by atoms with Crippen LogP contribution in [0.2, 0.25) is 0 Å². The molecule has 1 unspecified atom stereocenters. The largest absolute Gasteiger partial charge is 0.520 e. The molecule has 78 valence electrons. The maximum Gasteiger partial charge on any atom is 0.520 e. The molecule has 0 rings (SSSR count). The average Bonchev–Trinajstić information content (AvgIpc) is 1.48. The van der Waals surface area contributed by atoms with Gasteiger partial charge in [-0.1, -0.05) is 0 Å². The van der Waals surface area contributed by atoms with Gasteiger partial charge in [0.25, 0.3) is 0 Å². The highest BCUT2D eigenvalue weighted by molar-refractivity contribution is 7.85. The molecule has 0 aliphatic carbocycles. The summed E-state index contributed by atoms with van der Waals surface area (Å²) in [5.74, 6) is 0. The quantitative estimate of drug-likeness (QED) is 0.189. The van der Waals surface area contributed by atoms with Gasteiger partial charge in [-0.2, -0.15) is 13.0 Å². The van der Waals surface area contributed by atoms with Gasteiger partial charge in [-0.05, 0) is 0 Å². The molecule has 0 aromatic rings. The van der Waals surface area contributed by atoms with Gasteiger partial charge < -0.3 is 4.89 Å².